The first-order chi connectivity index (χ1) is 17.5. The predicted octanol–water partition coefficient (Wildman–Crippen LogP) is 7.78. The minimum atomic E-state index is -0.527. The average molecular weight is 562 g/mol. The number of nitrogens with one attached hydrogen (secondary N) is 1. The van der Waals surface area contributed by atoms with E-state index in [0.29, 0.717) is 41.0 Å². The number of hydrogen-bond donors (Lipinski definition) is 1. The SMILES string of the molecule is CCOc1cc(/C=C(/C#N)C(=O)Nc2cccc(Br)c2)cc(Cl)c1OCc1ccc2ccccc2c1. The summed E-state index contributed by atoms with van der Waals surface area (Å²) in [6.45, 7) is 2.55. The number of hydrogen-bond acceptors (Lipinski definition) is 4. The lowest BCUT2D eigenvalue weighted by Crippen LogP contribution is -2.13. The maximum Gasteiger partial charge on any atom is 0.266 e. The lowest BCUT2D eigenvalue weighted by Gasteiger charge is -2.15. The third-order valence-corrected chi connectivity index (χ3v) is 6.06. The summed E-state index contributed by atoms with van der Waals surface area (Å²) in [6.07, 6.45) is 1.47. The fourth-order valence-electron chi connectivity index (χ4n) is 3.64. The highest BCUT2D eigenvalue weighted by Gasteiger charge is 2.15. The van der Waals surface area contributed by atoms with E-state index in [2.05, 4.69) is 45.5 Å². The second kappa shape index (κ2) is 11.8. The van der Waals surface area contributed by atoms with Crippen LogP contribution in [0.3, 0.4) is 0 Å². The van der Waals surface area contributed by atoms with Crippen molar-refractivity contribution in [2.75, 3.05) is 11.9 Å². The van der Waals surface area contributed by atoms with Crippen molar-refractivity contribution in [1.82, 2.24) is 0 Å². The molecule has 0 saturated heterocycles. The Labute approximate surface area is 223 Å². The number of amides is 1. The second-order valence-corrected chi connectivity index (χ2v) is 9.19. The Hall–Kier alpha value is -3.79. The number of fused-ring (bicyclic) bond motifs is 1. The Morgan fingerprint density at radius 1 is 1.03 bits per heavy atom. The Morgan fingerprint density at radius 3 is 2.58 bits per heavy atom. The predicted molar refractivity (Wildman–Crippen MR) is 147 cm³/mol. The molecule has 4 aromatic carbocycles. The molecule has 0 spiro atoms. The number of carbonyl (C=O) groups is 1. The van der Waals surface area contributed by atoms with E-state index in [9.17, 15) is 10.1 Å². The van der Waals surface area contributed by atoms with Crippen LogP contribution in [0.5, 0.6) is 11.5 Å². The molecule has 36 heavy (non-hydrogen) atoms. The molecule has 0 aliphatic carbocycles. The van der Waals surface area contributed by atoms with Gasteiger partial charge in [-0.25, -0.2) is 0 Å². The zero-order chi connectivity index (χ0) is 25.5. The second-order valence-electron chi connectivity index (χ2n) is 7.87. The quantitative estimate of drug-likeness (QED) is 0.176. The van der Waals surface area contributed by atoms with Crippen molar-refractivity contribution >= 4 is 56.0 Å². The fraction of sp³-hybridized carbons (Fsp3) is 0.103. The molecule has 4 aromatic rings. The summed E-state index contributed by atoms with van der Waals surface area (Å²) in [7, 11) is 0. The van der Waals surface area contributed by atoms with E-state index in [1.807, 2.05) is 37.3 Å². The maximum absolute atomic E-state index is 12.7. The van der Waals surface area contributed by atoms with Gasteiger partial charge < -0.3 is 14.8 Å². The summed E-state index contributed by atoms with van der Waals surface area (Å²) in [5.74, 6) is 0.309. The van der Waals surface area contributed by atoms with E-state index in [1.165, 1.54) is 6.08 Å². The van der Waals surface area contributed by atoms with Gasteiger partial charge in [0.2, 0.25) is 0 Å². The number of anilines is 1. The summed E-state index contributed by atoms with van der Waals surface area (Å²) in [5.41, 5.74) is 2.04. The van der Waals surface area contributed by atoms with E-state index < -0.39 is 5.91 Å². The number of ether oxygens (including phenoxy) is 2. The van der Waals surface area contributed by atoms with Crippen molar-refractivity contribution in [3.8, 4) is 17.6 Å². The molecule has 0 radical (unpaired) electrons. The topological polar surface area (TPSA) is 71.3 Å². The molecule has 5 nitrogen and oxygen atoms in total. The van der Waals surface area contributed by atoms with Crippen molar-refractivity contribution in [3.05, 3.63) is 105 Å². The van der Waals surface area contributed by atoms with Gasteiger partial charge in [0.15, 0.2) is 11.5 Å². The first-order valence-corrected chi connectivity index (χ1v) is 12.4. The Morgan fingerprint density at radius 2 is 1.83 bits per heavy atom. The summed E-state index contributed by atoms with van der Waals surface area (Å²) >= 11 is 9.93. The molecule has 0 fully saturated rings. The third-order valence-electron chi connectivity index (χ3n) is 5.29. The van der Waals surface area contributed by atoms with Gasteiger partial charge in [0.25, 0.3) is 5.91 Å². The Balaban J connectivity index is 1.56. The molecular weight excluding hydrogens is 540 g/mol. The van der Waals surface area contributed by atoms with Crippen molar-refractivity contribution < 1.29 is 14.3 Å². The van der Waals surface area contributed by atoms with Crippen LogP contribution >= 0.6 is 27.5 Å². The maximum atomic E-state index is 12.7. The molecule has 0 unspecified atom stereocenters. The standard InChI is InChI=1S/C29H22BrClN2O3/c1-2-35-27-15-20(13-23(17-32)29(34)33-25-9-5-8-24(30)16-25)14-26(31)28(27)36-18-19-10-11-21-6-3-4-7-22(21)12-19/h3-16H,2,18H2,1H3,(H,33,34)/b23-13-. The van der Waals surface area contributed by atoms with Crippen LogP contribution in [0.1, 0.15) is 18.1 Å². The lowest BCUT2D eigenvalue weighted by atomic mass is 10.1. The molecular formula is C29H22BrClN2O3. The van der Waals surface area contributed by atoms with Crippen LogP contribution < -0.4 is 14.8 Å². The van der Waals surface area contributed by atoms with E-state index in [0.717, 1.165) is 20.8 Å². The molecule has 7 heteroatoms. The van der Waals surface area contributed by atoms with Crippen molar-refractivity contribution in [1.29, 1.82) is 5.26 Å². The summed E-state index contributed by atoms with van der Waals surface area (Å²) < 4.78 is 12.6. The normalized spacial score (nSPS) is 11.1. The molecule has 0 heterocycles. The minimum Gasteiger partial charge on any atom is -0.490 e. The summed E-state index contributed by atoms with van der Waals surface area (Å²) in [5, 5.41) is 14.9. The van der Waals surface area contributed by atoms with Gasteiger partial charge in [-0.05, 0) is 71.3 Å². The Bertz CT molecular complexity index is 1490. The van der Waals surface area contributed by atoms with Gasteiger partial charge in [0, 0.05) is 10.2 Å². The number of halogens is 2. The largest absolute Gasteiger partial charge is 0.490 e. The van der Waals surface area contributed by atoms with Crippen LogP contribution in [-0.4, -0.2) is 12.5 Å². The van der Waals surface area contributed by atoms with Crippen LogP contribution in [0.25, 0.3) is 16.8 Å². The highest BCUT2D eigenvalue weighted by atomic mass is 79.9. The summed E-state index contributed by atoms with van der Waals surface area (Å²) in [6, 6.07) is 26.7. The lowest BCUT2D eigenvalue weighted by molar-refractivity contribution is -0.112. The molecule has 0 bridgehead atoms. The molecule has 1 N–H and O–H groups in total. The number of nitrogens with zero attached hydrogens (tertiary/aromatic N) is 1. The molecule has 0 aliphatic heterocycles. The van der Waals surface area contributed by atoms with Gasteiger partial charge in [0.1, 0.15) is 18.2 Å². The monoisotopic (exact) mass is 560 g/mol. The molecule has 0 aliphatic rings. The first-order valence-electron chi connectivity index (χ1n) is 11.2. The van der Waals surface area contributed by atoms with Crippen LogP contribution in [0.15, 0.2) is 88.9 Å². The highest BCUT2D eigenvalue weighted by Crippen LogP contribution is 2.38. The molecule has 1 amide bonds. The van der Waals surface area contributed by atoms with Gasteiger partial charge in [-0.1, -0.05) is 70.0 Å². The zero-order valence-electron chi connectivity index (χ0n) is 19.4. The molecule has 0 saturated carbocycles. The fourth-order valence-corrected chi connectivity index (χ4v) is 4.31. The van der Waals surface area contributed by atoms with E-state index in [1.54, 1.807) is 30.3 Å². The van der Waals surface area contributed by atoms with Crippen molar-refractivity contribution in [2.24, 2.45) is 0 Å². The van der Waals surface area contributed by atoms with Gasteiger partial charge in [-0.2, -0.15) is 5.26 Å². The zero-order valence-corrected chi connectivity index (χ0v) is 21.8. The van der Waals surface area contributed by atoms with Crippen molar-refractivity contribution in [2.45, 2.75) is 13.5 Å². The van der Waals surface area contributed by atoms with E-state index in [4.69, 9.17) is 21.1 Å². The molecule has 180 valence electrons. The van der Waals surface area contributed by atoms with Gasteiger partial charge >= 0.3 is 0 Å². The van der Waals surface area contributed by atoms with Crippen LogP contribution in [0.4, 0.5) is 5.69 Å². The van der Waals surface area contributed by atoms with Crippen LogP contribution in [0.2, 0.25) is 5.02 Å². The molecule has 0 aromatic heterocycles. The first kappa shape index (κ1) is 25.3. The van der Waals surface area contributed by atoms with Gasteiger partial charge in [-0.15, -0.1) is 0 Å². The van der Waals surface area contributed by atoms with E-state index >= 15 is 0 Å². The highest BCUT2D eigenvalue weighted by molar-refractivity contribution is 9.10. The van der Waals surface area contributed by atoms with Crippen LogP contribution in [0, 0.1) is 11.3 Å². The van der Waals surface area contributed by atoms with Crippen LogP contribution in [-0.2, 0) is 11.4 Å². The van der Waals surface area contributed by atoms with Gasteiger partial charge in [-0.3, -0.25) is 4.79 Å². The van der Waals surface area contributed by atoms with E-state index in [-0.39, 0.29) is 5.57 Å². The van der Waals surface area contributed by atoms with Crippen molar-refractivity contribution in [3.63, 3.8) is 0 Å². The smallest absolute Gasteiger partial charge is 0.266 e. The average Bonchev–Trinajstić information content (AvgIpc) is 2.87. The minimum absolute atomic E-state index is 0.0710. The number of benzene rings is 4. The number of rotatable bonds is 8. The molecule has 0 atom stereocenters. The Kier molecular flexibility index (Phi) is 8.27. The third kappa shape index (κ3) is 6.25. The molecule has 4 rings (SSSR count). The number of carbonyl (C=O) groups excluding carboxylic acids is 1. The number of nitriles is 1. The summed E-state index contributed by atoms with van der Waals surface area (Å²) in [4.78, 5) is 12.7. The van der Waals surface area contributed by atoms with Gasteiger partial charge in [0.05, 0.1) is 11.6 Å².